The maximum Gasteiger partial charge on any atom is 0.285 e. The Kier molecular flexibility index (Phi) is 6.68. The van der Waals surface area contributed by atoms with E-state index in [1.807, 2.05) is 18.2 Å². The van der Waals surface area contributed by atoms with Crippen molar-refractivity contribution in [1.29, 1.82) is 0 Å². The van der Waals surface area contributed by atoms with Gasteiger partial charge >= 0.3 is 0 Å². The Bertz CT molecular complexity index is 1270. The minimum absolute atomic E-state index is 0.0358. The van der Waals surface area contributed by atoms with Crippen molar-refractivity contribution >= 4 is 23.0 Å². The molecule has 0 spiro atoms. The Morgan fingerprint density at radius 3 is 2.77 bits per heavy atom. The maximum atomic E-state index is 13.4. The van der Waals surface area contributed by atoms with Gasteiger partial charge in [0.15, 0.2) is 11.5 Å². The highest BCUT2D eigenvalue weighted by Crippen LogP contribution is 2.35. The molecular formula is C26H28N4O4S. The second-order valence-corrected chi connectivity index (χ2v) is 9.77. The molecule has 182 valence electrons. The molecule has 5 rings (SSSR count). The summed E-state index contributed by atoms with van der Waals surface area (Å²) < 4.78 is 11.8. The number of aryl methyl sites for hydroxylation is 1. The topological polar surface area (TPSA) is 97.1 Å². The lowest BCUT2D eigenvalue weighted by molar-refractivity contribution is 0.0755. The smallest absolute Gasteiger partial charge is 0.285 e. The molecule has 8 nitrogen and oxygen atoms in total. The molecule has 1 aromatic carbocycles. The summed E-state index contributed by atoms with van der Waals surface area (Å²) in [7, 11) is 1.64. The fourth-order valence-electron chi connectivity index (χ4n) is 4.50. The first-order chi connectivity index (χ1) is 17.0. The maximum absolute atomic E-state index is 13.4. The van der Waals surface area contributed by atoms with Gasteiger partial charge in [-0.05, 0) is 75.8 Å². The van der Waals surface area contributed by atoms with Gasteiger partial charge in [0.2, 0.25) is 0 Å². The first-order valence-corrected chi connectivity index (χ1v) is 12.7. The summed E-state index contributed by atoms with van der Waals surface area (Å²) in [6.07, 6.45) is 7.88. The van der Waals surface area contributed by atoms with Crippen LogP contribution in [0.4, 0.5) is 0 Å². The van der Waals surface area contributed by atoms with Crippen molar-refractivity contribution in [2.75, 3.05) is 13.7 Å². The number of amides is 1. The molecule has 0 bridgehead atoms. The normalized spacial score (nSPS) is 16.3. The molecule has 9 heteroatoms. The van der Waals surface area contributed by atoms with Crippen LogP contribution in [0.1, 0.15) is 59.5 Å². The number of carbonyl (C=O) groups excluding carboxylic acids is 1. The number of hydrazone groups is 1. The number of hydrogen-bond acceptors (Lipinski definition) is 8. The van der Waals surface area contributed by atoms with Gasteiger partial charge in [-0.2, -0.15) is 5.10 Å². The van der Waals surface area contributed by atoms with Crippen LogP contribution in [-0.2, 0) is 0 Å². The molecule has 2 aliphatic rings. The molecule has 1 aliphatic heterocycles. The number of hydrogen-bond donors (Lipinski definition) is 1. The summed E-state index contributed by atoms with van der Waals surface area (Å²) in [6, 6.07) is 9.05. The number of aromatic hydroxyl groups is 1. The molecule has 0 radical (unpaired) electrons. The number of rotatable bonds is 6. The average Bonchev–Trinajstić information content (AvgIpc) is 3.53. The lowest BCUT2D eigenvalue weighted by atomic mass is 10.0. The van der Waals surface area contributed by atoms with Crippen LogP contribution in [0, 0.1) is 6.92 Å². The third-order valence-corrected chi connectivity index (χ3v) is 7.48. The van der Waals surface area contributed by atoms with Crippen LogP contribution in [0.2, 0.25) is 0 Å². The average molecular weight is 493 g/mol. The minimum atomic E-state index is -0.199. The lowest BCUT2D eigenvalue weighted by Gasteiger charge is -2.24. The molecule has 0 atom stereocenters. The molecule has 1 amide bonds. The minimum Gasteiger partial charge on any atom is -0.506 e. The second kappa shape index (κ2) is 10.0. The quantitative estimate of drug-likeness (QED) is 0.509. The van der Waals surface area contributed by atoms with Crippen LogP contribution in [-0.4, -0.2) is 51.5 Å². The van der Waals surface area contributed by atoms with Gasteiger partial charge in [0.05, 0.1) is 24.6 Å². The fraction of sp³-hybridized carbons (Fsp3) is 0.385. The Morgan fingerprint density at radius 2 is 2.00 bits per heavy atom. The summed E-state index contributed by atoms with van der Waals surface area (Å²) in [6.45, 7) is 2.32. The molecule has 35 heavy (non-hydrogen) atoms. The summed E-state index contributed by atoms with van der Waals surface area (Å²) in [5.74, 6) is 1.26. The van der Waals surface area contributed by atoms with Gasteiger partial charge in [0.1, 0.15) is 21.3 Å². The number of carbonyl (C=O) groups is 1. The number of methoxy groups -OCH3 is 1. The van der Waals surface area contributed by atoms with Gasteiger partial charge in [-0.3, -0.25) is 4.79 Å². The highest BCUT2D eigenvalue weighted by atomic mass is 32.1. The zero-order chi connectivity index (χ0) is 24.4. The van der Waals surface area contributed by atoms with E-state index in [0.717, 1.165) is 42.7 Å². The van der Waals surface area contributed by atoms with Gasteiger partial charge in [0.25, 0.3) is 5.91 Å². The highest BCUT2D eigenvalue weighted by molar-refractivity contribution is 7.17. The van der Waals surface area contributed by atoms with Gasteiger partial charge in [0, 0.05) is 18.3 Å². The lowest BCUT2D eigenvalue weighted by Crippen LogP contribution is -2.32. The molecule has 0 saturated heterocycles. The second-order valence-electron chi connectivity index (χ2n) is 8.77. The molecule has 0 unspecified atom stereocenters. The Morgan fingerprint density at radius 1 is 1.17 bits per heavy atom. The molecule has 1 N–H and O–H groups in total. The van der Waals surface area contributed by atoms with Crippen molar-refractivity contribution in [2.24, 2.45) is 5.10 Å². The molecule has 1 saturated carbocycles. The van der Waals surface area contributed by atoms with E-state index in [0.29, 0.717) is 33.6 Å². The number of benzene rings is 1. The van der Waals surface area contributed by atoms with Crippen molar-refractivity contribution < 1.29 is 19.4 Å². The number of nitrogens with zero attached hydrogens (tertiary/aromatic N) is 4. The Balaban J connectivity index is 1.40. The Hall–Kier alpha value is -3.46. The highest BCUT2D eigenvalue weighted by Gasteiger charge is 2.26. The first-order valence-electron chi connectivity index (χ1n) is 11.9. The Labute approximate surface area is 208 Å². The van der Waals surface area contributed by atoms with Crippen LogP contribution < -0.4 is 9.47 Å². The summed E-state index contributed by atoms with van der Waals surface area (Å²) in [5, 5.41) is 16.9. The van der Waals surface area contributed by atoms with Crippen LogP contribution in [0.3, 0.4) is 0 Å². The summed E-state index contributed by atoms with van der Waals surface area (Å²) in [5.41, 5.74) is 2.74. The van der Waals surface area contributed by atoms with E-state index in [9.17, 15) is 9.90 Å². The van der Waals surface area contributed by atoms with Crippen molar-refractivity contribution in [3.05, 3.63) is 52.7 Å². The largest absolute Gasteiger partial charge is 0.506 e. The number of aromatic nitrogens is 2. The molecule has 2 aromatic heterocycles. The number of ether oxygens (including phenoxy) is 2. The molecule has 1 aliphatic carbocycles. The van der Waals surface area contributed by atoms with Gasteiger partial charge < -0.3 is 14.6 Å². The van der Waals surface area contributed by atoms with Crippen molar-refractivity contribution in [2.45, 2.75) is 51.6 Å². The zero-order valence-electron chi connectivity index (χ0n) is 19.9. The van der Waals surface area contributed by atoms with Gasteiger partial charge in [-0.25, -0.2) is 15.0 Å². The third kappa shape index (κ3) is 4.86. The monoisotopic (exact) mass is 492 g/mol. The summed E-state index contributed by atoms with van der Waals surface area (Å²) in [4.78, 5) is 22.6. The van der Waals surface area contributed by atoms with E-state index < -0.39 is 0 Å². The molecule has 3 aromatic rings. The third-order valence-electron chi connectivity index (χ3n) is 6.33. The van der Waals surface area contributed by atoms with Gasteiger partial charge in [-0.15, -0.1) is 11.3 Å². The van der Waals surface area contributed by atoms with E-state index in [4.69, 9.17) is 14.6 Å². The van der Waals surface area contributed by atoms with Crippen molar-refractivity contribution in [3.8, 4) is 28.0 Å². The predicted octanol–water partition coefficient (Wildman–Crippen LogP) is 5.19. The number of thiazole rings is 1. The van der Waals surface area contributed by atoms with Crippen molar-refractivity contribution in [1.82, 2.24) is 15.0 Å². The number of pyridine rings is 1. The zero-order valence-corrected chi connectivity index (χ0v) is 20.7. The van der Waals surface area contributed by atoms with E-state index in [1.165, 1.54) is 29.2 Å². The SMILES string of the molecule is COc1ccc(C2=NN(C(=O)c3sc(-c4ncccc4O)nc3C)CCC2)cc1OC1CCCC1. The van der Waals surface area contributed by atoms with Crippen molar-refractivity contribution in [3.63, 3.8) is 0 Å². The van der Waals surface area contributed by atoms with Crippen LogP contribution in [0.15, 0.2) is 41.6 Å². The van der Waals surface area contributed by atoms with Crippen LogP contribution in [0.5, 0.6) is 17.2 Å². The first kappa shape index (κ1) is 23.3. The standard InChI is InChI=1S/C26H28N4O4S/c1-16-24(35-25(28-16)23-20(31)10-5-13-27-23)26(32)30-14-6-9-19(29-30)17-11-12-21(33-2)22(15-17)34-18-7-3-4-8-18/h5,10-13,15,18,31H,3-4,6-9,14H2,1-2H3. The fourth-order valence-corrected chi connectivity index (χ4v) is 5.52. The van der Waals surface area contributed by atoms with E-state index in [1.54, 1.807) is 32.4 Å². The van der Waals surface area contributed by atoms with E-state index in [-0.39, 0.29) is 17.8 Å². The van der Waals surface area contributed by atoms with Gasteiger partial charge in [-0.1, -0.05) is 0 Å². The van der Waals surface area contributed by atoms with Crippen LogP contribution >= 0.6 is 11.3 Å². The van der Waals surface area contributed by atoms with Crippen LogP contribution in [0.25, 0.3) is 10.7 Å². The molecular weight excluding hydrogens is 464 g/mol. The molecule has 3 heterocycles. The van der Waals surface area contributed by atoms with E-state index >= 15 is 0 Å². The van der Waals surface area contributed by atoms with E-state index in [2.05, 4.69) is 9.97 Å². The summed E-state index contributed by atoms with van der Waals surface area (Å²) >= 11 is 1.22. The molecule has 1 fully saturated rings. The predicted molar refractivity (Wildman–Crippen MR) is 134 cm³/mol.